The first-order valence-electron chi connectivity index (χ1n) is 4.62. The summed E-state index contributed by atoms with van der Waals surface area (Å²) >= 11 is 1.67. The van der Waals surface area contributed by atoms with E-state index in [1.165, 1.54) is 4.88 Å². The van der Waals surface area contributed by atoms with Crippen molar-refractivity contribution in [1.29, 1.82) is 0 Å². The Labute approximate surface area is 81.8 Å². The Hall–Kier alpha value is -0.450. The van der Waals surface area contributed by atoms with Gasteiger partial charge in [0, 0.05) is 23.5 Å². The Kier molecular flexibility index (Phi) is 2.93. The molecule has 0 spiro atoms. The lowest BCUT2D eigenvalue weighted by Gasteiger charge is -2.27. The van der Waals surface area contributed by atoms with Crippen LogP contribution < -0.4 is 5.32 Å². The van der Waals surface area contributed by atoms with Gasteiger partial charge in [0.2, 0.25) is 0 Å². The molecule has 0 amide bonds. The predicted octanol–water partition coefficient (Wildman–Crippen LogP) is 0.656. The Bertz CT molecular complexity index is 250. The Morgan fingerprint density at radius 2 is 2.62 bits per heavy atom. The third kappa shape index (κ3) is 2.27. The van der Waals surface area contributed by atoms with Crippen LogP contribution in [0.5, 0.6) is 0 Å². The molecule has 2 atom stereocenters. The molecule has 0 bridgehead atoms. The number of rotatable bonds is 2. The molecule has 2 unspecified atom stereocenters. The number of aromatic nitrogens is 1. The minimum absolute atomic E-state index is 0.136. The van der Waals surface area contributed by atoms with Crippen molar-refractivity contribution in [3.63, 3.8) is 0 Å². The average Bonchev–Trinajstić information content (AvgIpc) is 2.61. The minimum atomic E-state index is -0.136. The summed E-state index contributed by atoms with van der Waals surface area (Å²) < 4.78 is 0. The van der Waals surface area contributed by atoms with Gasteiger partial charge >= 0.3 is 0 Å². The van der Waals surface area contributed by atoms with Gasteiger partial charge in [-0.1, -0.05) is 0 Å². The molecule has 1 fully saturated rings. The smallest absolute Gasteiger partial charge is 0.0794 e. The maximum Gasteiger partial charge on any atom is 0.0794 e. The first-order chi connectivity index (χ1) is 6.36. The number of thiazole rings is 1. The molecule has 13 heavy (non-hydrogen) atoms. The lowest BCUT2D eigenvalue weighted by Crippen LogP contribution is -2.40. The summed E-state index contributed by atoms with van der Waals surface area (Å²) in [6.45, 7) is 1.87. The van der Waals surface area contributed by atoms with Crippen LogP contribution in [-0.4, -0.2) is 29.3 Å². The maximum absolute atomic E-state index is 9.71. The van der Waals surface area contributed by atoms with E-state index in [9.17, 15) is 5.11 Å². The molecule has 2 heterocycles. The summed E-state index contributed by atoms with van der Waals surface area (Å²) in [5, 5.41) is 13.0. The van der Waals surface area contributed by atoms with E-state index in [0.717, 1.165) is 25.9 Å². The summed E-state index contributed by atoms with van der Waals surface area (Å²) in [6.07, 6.45) is 3.59. The summed E-state index contributed by atoms with van der Waals surface area (Å²) in [6, 6.07) is 0. The van der Waals surface area contributed by atoms with Crippen LogP contribution in [0, 0.1) is 5.92 Å². The highest BCUT2D eigenvalue weighted by Gasteiger charge is 2.23. The quantitative estimate of drug-likeness (QED) is 0.733. The van der Waals surface area contributed by atoms with Gasteiger partial charge in [0.1, 0.15) is 0 Å². The summed E-state index contributed by atoms with van der Waals surface area (Å²) in [4.78, 5) is 5.30. The predicted molar refractivity (Wildman–Crippen MR) is 52.8 cm³/mol. The van der Waals surface area contributed by atoms with Crippen LogP contribution in [0.3, 0.4) is 0 Å². The van der Waals surface area contributed by atoms with Gasteiger partial charge in [0.25, 0.3) is 0 Å². The van der Waals surface area contributed by atoms with E-state index in [4.69, 9.17) is 0 Å². The normalized spacial score (nSPS) is 29.0. The van der Waals surface area contributed by atoms with Crippen molar-refractivity contribution in [2.24, 2.45) is 5.92 Å². The monoisotopic (exact) mass is 198 g/mol. The second kappa shape index (κ2) is 4.17. The minimum Gasteiger partial charge on any atom is -0.393 e. The highest BCUT2D eigenvalue weighted by atomic mass is 32.1. The number of piperidine rings is 1. The Morgan fingerprint density at radius 1 is 1.69 bits per heavy atom. The van der Waals surface area contributed by atoms with E-state index >= 15 is 0 Å². The van der Waals surface area contributed by atoms with E-state index in [0.29, 0.717) is 5.92 Å². The number of nitrogens with zero attached hydrogens (tertiary/aromatic N) is 1. The topological polar surface area (TPSA) is 45.1 Å². The Balaban J connectivity index is 1.93. The second-order valence-electron chi connectivity index (χ2n) is 3.49. The largest absolute Gasteiger partial charge is 0.393 e. The molecule has 1 saturated heterocycles. The highest BCUT2D eigenvalue weighted by Crippen LogP contribution is 2.18. The van der Waals surface area contributed by atoms with E-state index in [-0.39, 0.29) is 6.10 Å². The zero-order valence-electron chi connectivity index (χ0n) is 7.44. The highest BCUT2D eigenvalue weighted by molar-refractivity contribution is 7.09. The molecule has 1 aliphatic heterocycles. The SMILES string of the molecule is OC1CCNCC1Cc1cncs1. The summed E-state index contributed by atoms with van der Waals surface area (Å²) in [7, 11) is 0. The van der Waals surface area contributed by atoms with Crippen LogP contribution in [0.1, 0.15) is 11.3 Å². The zero-order chi connectivity index (χ0) is 9.10. The van der Waals surface area contributed by atoms with Crippen LogP contribution in [0.2, 0.25) is 0 Å². The lowest BCUT2D eigenvalue weighted by molar-refractivity contribution is 0.0795. The number of aliphatic hydroxyl groups excluding tert-OH is 1. The van der Waals surface area contributed by atoms with Crippen LogP contribution >= 0.6 is 11.3 Å². The molecule has 2 rings (SSSR count). The molecule has 72 valence electrons. The molecular formula is C9H14N2OS. The fourth-order valence-electron chi connectivity index (χ4n) is 1.72. The van der Waals surface area contributed by atoms with Crippen molar-refractivity contribution in [2.75, 3.05) is 13.1 Å². The Morgan fingerprint density at radius 3 is 3.31 bits per heavy atom. The van der Waals surface area contributed by atoms with Gasteiger partial charge < -0.3 is 10.4 Å². The van der Waals surface area contributed by atoms with E-state index in [1.807, 2.05) is 11.7 Å². The third-order valence-corrected chi connectivity index (χ3v) is 3.32. The van der Waals surface area contributed by atoms with Crippen molar-refractivity contribution in [1.82, 2.24) is 10.3 Å². The van der Waals surface area contributed by atoms with Gasteiger partial charge in [-0.3, -0.25) is 4.98 Å². The summed E-state index contributed by atoms with van der Waals surface area (Å²) in [5.74, 6) is 0.370. The van der Waals surface area contributed by atoms with Gasteiger partial charge in [-0.15, -0.1) is 11.3 Å². The maximum atomic E-state index is 9.71. The zero-order valence-corrected chi connectivity index (χ0v) is 8.26. The molecule has 0 radical (unpaired) electrons. The molecule has 3 nitrogen and oxygen atoms in total. The fourth-order valence-corrected chi connectivity index (χ4v) is 2.41. The van der Waals surface area contributed by atoms with Gasteiger partial charge in [0.05, 0.1) is 11.6 Å². The number of hydrogen-bond donors (Lipinski definition) is 2. The van der Waals surface area contributed by atoms with Crippen LogP contribution in [0.25, 0.3) is 0 Å². The van der Waals surface area contributed by atoms with Gasteiger partial charge in [-0.05, 0) is 19.4 Å². The molecule has 1 aromatic heterocycles. The van der Waals surface area contributed by atoms with Crippen molar-refractivity contribution in [3.05, 3.63) is 16.6 Å². The van der Waals surface area contributed by atoms with E-state index < -0.39 is 0 Å². The van der Waals surface area contributed by atoms with Gasteiger partial charge in [0.15, 0.2) is 0 Å². The van der Waals surface area contributed by atoms with Crippen molar-refractivity contribution in [2.45, 2.75) is 18.9 Å². The molecular weight excluding hydrogens is 184 g/mol. The van der Waals surface area contributed by atoms with Crippen molar-refractivity contribution < 1.29 is 5.11 Å². The molecule has 0 saturated carbocycles. The molecule has 0 aromatic carbocycles. The van der Waals surface area contributed by atoms with Crippen molar-refractivity contribution in [3.8, 4) is 0 Å². The third-order valence-electron chi connectivity index (χ3n) is 2.51. The summed E-state index contributed by atoms with van der Waals surface area (Å²) in [5.41, 5.74) is 1.85. The number of nitrogens with one attached hydrogen (secondary N) is 1. The number of aliphatic hydroxyl groups is 1. The molecule has 1 aromatic rings. The van der Waals surface area contributed by atoms with Gasteiger partial charge in [-0.2, -0.15) is 0 Å². The first kappa shape index (κ1) is 9.12. The fraction of sp³-hybridized carbons (Fsp3) is 0.667. The van der Waals surface area contributed by atoms with Crippen molar-refractivity contribution >= 4 is 11.3 Å². The molecule has 0 aliphatic carbocycles. The van der Waals surface area contributed by atoms with Crippen LogP contribution in [0.15, 0.2) is 11.7 Å². The molecule has 2 N–H and O–H groups in total. The molecule has 1 aliphatic rings. The average molecular weight is 198 g/mol. The number of hydrogen-bond acceptors (Lipinski definition) is 4. The second-order valence-corrected chi connectivity index (χ2v) is 4.46. The van der Waals surface area contributed by atoms with Crippen LogP contribution in [-0.2, 0) is 6.42 Å². The molecule has 4 heteroatoms. The standard InChI is InChI=1S/C9H14N2OS/c12-9-1-2-10-4-7(9)3-8-5-11-6-13-8/h5-7,9-10,12H,1-4H2. The van der Waals surface area contributed by atoms with E-state index in [2.05, 4.69) is 10.3 Å². The first-order valence-corrected chi connectivity index (χ1v) is 5.50. The lowest BCUT2D eigenvalue weighted by atomic mass is 9.93. The van der Waals surface area contributed by atoms with E-state index in [1.54, 1.807) is 11.3 Å². The van der Waals surface area contributed by atoms with Gasteiger partial charge in [-0.25, -0.2) is 0 Å². The van der Waals surface area contributed by atoms with Crippen LogP contribution in [0.4, 0.5) is 0 Å².